The second kappa shape index (κ2) is 8.24. The Morgan fingerprint density at radius 3 is 2.60 bits per heavy atom. The summed E-state index contributed by atoms with van der Waals surface area (Å²) in [5.41, 5.74) is 1.99. The number of pyridine rings is 1. The highest BCUT2D eigenvalue weighted by atomic mass is 16.5. The first kappa shape index (κ1) is 19.4. The monoisotopic (exact) mass is 404 g/mol. The predicted molar refractivity (Wildman–Crippen MR) is 111 cm³/mol. The van der Waals surface area contributed by atoms with Crippen molar-refractivity contribution >= 4 is 16.7 Å². The summed E-state index contributed by atoms with van der Waals surface area (Å²) in [6.45, 7) is 4.32. The molecule has 7 nitrogen and oxygen atoms in total. The van der Waals surface area contributed by atoms with Crippen LogP contribution in [0.4, 0.5) is 0 Å². The van der Waals surface area contributed by atoms with Gasteiger partial charge in [0.15, 0.2) is 11.5 Å². The summed E-state index contributed by atoms with van der Waals surface area (Å²) >= 11 is 0. The molecular weight excluding hydrogens is 384 g/mol. The molecule has 2 heterocycles. The molecule has 0 saturated carbocycles. The number of rotatable bonds is 7. The van der Waals surface area contributed by atoms with Crippen LogP contribution >= 0.6 is 0 Å². The number of nitrogens with zero attached hydrogens (tertiary/aromatic N) is 2. The van der Waals surface area contributed by atoms with Crippen LogP contribution in [0.25, 0.3) is 10.9 Å². The molecule has 0 fully saturated rings. The first-order chi connectivity index (χ1) is 14.6. The molecule has 4 rings (SSSR count). The highest BCUT2D eigenvalue weighted by Crippen LogP contribution is 2.38. The van der Waals surface area contributed by atoms with Gasteiger partial charge in [0.05, 0.1) is 31.0 Å². The van der Waals surface area contributed by atoms with Crippen molar-refractivity contribution in [2.24, 2.45) is 0 Å². The first-order valence-electron chi connectivity index (χ1n) is 9.44. The Morgan fingerprint density at radius 2 is 1.87 bits per heavy atom. The van der Waals surface area contributed by atoms with Gasteiger partial charge in [-0.3, -0.25) is 9.78 Å². The minimum atomic E-state index is -0.305. The maximum absolute atomic E-state index is 12.9. The van der Waals surface area contributed by atoms with Crippen LogP contribution < -0.4 is 14.2 Å². The van der Waals surface area contributed by atoms with Gasteiger partial charge in [0.1, 0.15) is 11.5 Å². The van der Waals surface area contributed by atoms with E-state index in [0.717, 1.165) is 10.9 Å². The zero-order valence-electron chi connectivity index (χ0n) is 16.8. The van der Waals surface area contributed by atoms with E-state index in [1.54, 1.807) is 37.6 Å². The standard InChI is InChI=1S/C23H20N2O5/c1-4-28-22-13-17-15(12-21(22)27-3)19(7-9-24-17)29-18-6-5-14(2)11-16(18)23(26)20-8-10-25-30-20/h5-13H,4H2,1-3H3. The molecule has 7 heteroatoms. The molecule has 0 N–H and O–H groups in total. The van der Waals surface area contributed by atoms with Gasteiger partial charge in [-0.2, -0.15) is 0 Å². The van der Waals surface area contributed by atoms with E-state index in [9.17, 15) is 4.79 Å². The highest BCUT2D eigenvalue weighted by Gasteiger charge is 2.20. The third-order valence-corrected chi connectivity index (χ3v) is 4.55. The van der Waals surface area contributed by atoms with Crippen molar-refractivity contribution in [3.8, 4) is 23.0 Å². The van der Waals surface area contributed by atoms with Gasteiger partial charge in [0.25, 0.3) is 0 Å². The van der Waals surface area contributed by atoms with Crippen molar-refractivity contribution in [2.75, 3.05) is 13.7 Å². The molecule has 0 saturated heterocycles. The Hall–Kier alpha value is -3.87. The van der Waals surface area contributed by atoms with Crippen molar-refractivity contribution in [3.63, 3.8) is 0 Å². The fourth-order valence-electron chi connectivity index (χ4n) is 3.14. The van der Waals surface area contributed by atoms with Crippen LogP contribution in [-0.4, -0.2) is 29.6 Å². The van der Waals surface area contributed by atoms with Crippen LogP contribution in [0.3, 0.4) is 0 Å². The average molecular weight is 404 g/mol. The molecule has 0 aliphatic carbocycles. The maximum Gasteiger partial charge on any atom is 0.234 e. The summed E-state index contributed by atoms with van der Waals surface area (Å²) in [6, 6.07) is 12.3. The van der Waals surface area contributed by atoms with Crippen LogP contribution in [0.1, 0.15) is 28.6 Å². The number of fused-ring (bicyclic) bond motifs is 1. The Labute approximate surface area is 173 Å². The summed E-state index contributed by atoms with van der Waals surface area (Å²) < 4.78 is 22.3. The number of aryl methyl sites for hydroxylation is 1. The maximum atomic E-state index is 12.9. The van der Waals surface area contributed by atoms with Crippen molar-refractivity contribution < 1.29 is 23.5 Å². The Balaban J connectivity index is 1.79. The molecular formula is C23H20N2O5. The van der Waals surface area contributed by atoms with Crippen LogP contribution in [0, 0.1) is 6.92 Å². The molecule has 2 aromatic heterocycles. The number of aromatic nitrogens is 2. The smallest absolute Gasteiger partial charge is 0.234 e. The quantitative estimate of drug-likeness (QED) is 0.402. The number of methoxy groups -OCH3 is 1. The Morgan fingerprint density at radius 1 is 1.00 bits per heavy atom. The first-order valence-corrected chi connectivity index (χ1v) is 9.44. The topological polar surface area (TPSA) is 83.7 Å². The molecule has 2 aromatic carbocycles. The van der Waals surface area contributed by atoms with E-state index < -0.39 is 0 Å². The lowest BCUT2D eigenvalue weighted by molar-refractivity contribution is 0.0998. The zero-order chi connectivity index (χ0) is 21.1. The van der Waals surface area contributed by atoms with Crippen LogP contribution in [0.5, 0.6) is 23.0 Å². The number of hydrogen-bond acceptors (Lipinski definition) is 7. The molecule has 0 spiro atoms. The predicted octanol–water partition coefficient (Wildman–Crippen LogP) is 4.96. The third kappa shape index (κ3) is 3.69. The van der Waals surface area contributed by atoms with Crippen LogP contribution in [0.15, 0.2) is 59.4 Å². The van der Waals surface area contributed by atoms with Gasteiger partial charge < -0.3 is 18.7 Å². The molecule has 0 atom stereocenters. The highest BCUT2D eigenvalue weighted by molar-refractivity contribution is 6.09. The molecule has 0 unspecified atom stereocenters. The number of hydrogen-bond donors (Lipinski definition) is 0. The minimum Gasteiger partial charge on any atom is -0.493 e. The van der Waals surface area contributed by atoms with E-state index in [4.69, 9.17) is 18.7 Å². The lowest BCUT2D eigenvalue weighted by Crippen LogP contribution is -2.03. The second-order valence-corrected chi connectivity index (χ2v) is 6.57. The van der Waals surface area contributed by atoms with E-state index in [-0.39, 0.29) is 11.5 Å². The van der Waals surface area contributed by atoms with Gasteiger partial charge in [0.2, 0.25) is 11.5 Å². The van der Waals surface area contributed by atoms with Crippen molar-refractivity contribution in [3.05, 3.63) is 71.7 Å². The molecule has 0 aliphatic heterocycles. The summed E-state index contributed by atoms with van der Waals surface area (Å²) in [6.07, 6.45) is 3.08. The number of ketones is 1. The van der Waals surface area contributed by atoms with Gasteiger partial charge >= 0.3 is 0 Å². The molecule has 0 aliphatic rings. The van der Waals surface area contributed by atoms with E-state index in [1.165, 1.54) is 12.3 Å². The lowest BCUT2D eigenvalue weighted by atomic mass is 10.0. The minimum absolute atomic E-state index is 0.146. The van der Waals surface area contributed by atoms with Gasteiger partial charge in [-0.1, -0.05) is 16.8 Å². The van der Waals surface area contributed by atoms with Gasteiger partial charge in [-0.25, -0.2) is 0 Å². The Bertz CT molecular complexity index is 1200. The largest absolute Gasteiger partial charge is 0.493 e. The summed E-state index contributed by atoms with van der Waals surface area (Å²) in [5.74, 6) is 1.96. The van der Waals surface area contributed by atoms with Gasteiger partial charge in [0, 0.05) is 23.7 Å². The van der Waals surface area contributed by atoms with Crippen molar-refractivity contribution in [2.45, 2.75) is 13.8 Å². The van der Waals surface area contributed by atoms with E-state index in [2.05, 4.69) is 10.1 Å². The van der Waals surface area contributed by atoms with Crippen molar-refractivity contribution in [1.29, 1.82) is 0 Å². The molecule has 4 aromatic rings. The van der Waals surface area contributed by atoms with E-state index >= 15 is 0 Å². The number of carbonyl (C=O) groups excluding carboxylic acids is 1. The second-order valence-electron chi connectivity index (χ2n) is 6.57. The molecule has 152 valence electrons. The average Bonchev–Trinajstić information content (AvgIpc) is 3.29. The summed E-state index contributed by atoms with van der Waals surface area (Å²) in [7, 11) is 1.58. The number of carbonyl (C=O) groups is 1. The summed E-state index contributed by atoms with van der Waals surface area (Å²) in [4.78, 5) is 17.3. The van der Waals surface area contributed by atoms with Gasteiger partial charge in [-0.15, -0.1) is 0 Å². The van der Waals surface area contributed by atoms with Crippen molar-refractivity contribution in [1.82, 2.24) is 10.1 Å². The zero-order valence-corrected chi connectivity index (χ0v) is 16.8. The number of benzene rings is 2. The molecule has 30 heavy (non-hydrogen) atoms. The Kier molecular flexibility index (Phi) is 5.34. The van der Waals surface area contributed by atoms with E-state index in [0.29, 0.717) is 40.7 Å². The molecule has 0 radical (unpaired) electrons. The fraction of sp³-hybridized carbons (Fsp3) is 0.174. The molecule has 0 bridgehead atoms. The molecule has 0 amide bonds. The van der Waals surface area contributed by atoms with Crippen LogP contribution in [0.2, 0.25) is 0 Å². The number of ether oxygens (including phenoxy) is 3. The SMILES string of the molecule is CCOc1cc2nccc(Oc3ccc(C)cc3C(=O)c3ccno3)c2cc1OC. The fourth-order valence-corrected chi connectivity index (χ4v) is 3.14. The lowest BCUT2D eigenvalue weighted by Gasteiger charge is -2.14. The third-order valence-electron chi connectivity index (χ3n) is 4.55. The normalized spacial score (nSPS) is 10.8. The van der Waals surface area contributed by atoms with E-state index in [1.807, 2.05) is 26.0 Å². The van der Waals surface area contributed by atoms with Gasteiger partial charge in [-0.05, 0) is 38.1 Å². The van der Waals surface area contributed by atoms with Crippen LogP contribution in [-0.2, 0) is 0 Å². The summed E-state index contributed by atoms with van der Waals surface area (Å²) in [5, 5.41) is 4.35.